The molecule has 2 spiro atoms. The van der Waals surface area contributed by atoms with Crippen LogP contribution < -0.4 is 15.4 Å². The first-order chi connectivity index (χ1) is 19.3. The summed E-state index contributed by atoms with van der Waals surface area (Å²) in [6, 6.07) is 17.7. The van der Waals surface area contributed by atoms with Crippen LogP contribution in [0.15, 0.2) is 73.3 Å². The maximum absolute atomic E-state index is 14.8. The number of halogens is 1. The van der Waals surface area contributed by atoms with E-state index < -0.39 is 16.9 Å². The zero-order valence-corrected chi connectivity index (χ0v) is 22.8. The van der Waals surface area contributed by atoms with Crippen molar-refractivity contribution < 1.29 is 19.1 Å². The van der Waals surface area contributed by atoms with Gasteiger partial charge >= 0.3 is 0 Å². The number of amides is 2. The van der Waals surface area contributed by atoms with Gasteiger partial charge in [0.15, 0.2) is 5.78 Å². The van der Waals surface area contributed by atoms with Gasteiger partial charge in [-0.2, -0.15) is 0 Å². The Morgan fingerprint density at radius 2 is 1.93 bits per heavy atom. The van der Waals surface area contributed by atoms with Gasteiger partial charge in [0, 0.05) is 33.6 Å². The third-order valence-corrected chi connectivity index (χ3v) is 9.35. The van der Waals surface area contributed by atoms with Gasteiger partial charge in [0.25, 0.3) is 5.91 Å². The lowest BCUT2D eigenvalue weighted by Gasteiger charge is -2.43. The number of carbonyl (C=O) groups is 3. The number of carbonyl (C=O) groups excluding carboxylic acids is 3. The molecule has 0 aliphatic carbocycles. The molecular weight excluding hydrogens is 526 g/mol. The van der Waals surface area contributed by atoms with Crippen molar-refractivity contribution in [3.8, 4) is 5.75 Å². The Labute approximate surface area is 237 Å². The molecule has 2 saturated heterocycles. The smallest absolute Gasteiger partial charge is 0.251 e. The fourth-order valence-electron chi connectivity index (χ4n) is 7.89. The first-order valence-corrected chi connectivity index (χ1v) is 13.9. The molecule has 7 nitrogen and oxygen atoms in total. The summed E-state index contributed by atoms with van der Waals surface area (Å²) >= 11 is 6.62. The maximum Gasteiger partial charge on any atom is 0.251 e. The number of aryl methyl sites for hydroxylation is 1. The maximum atomic E-state index is 14.8. The second kappa shape index (κ2) is 8.78. The van der Waals surface area contributed by atoms with E-state index in [0.29, 0.717) is 58.4 Å². The second-order valence-electron chi connectivity index (χ2n) is 11.0. The highest BCUT2D eigenvalue weighted by Crippen LogP contribution is 2.68. The van der Waals surface area contributed by atoms with Crippen LogP contribution in [0.5, 0.6) is 5.75 Å². The molecule has 4 aliphatic heterocycles. The van der Waals surface area contributed by atoms with E-state index >= 15 is 0 Å². The average Bonchev–Trinajstić information content (AvgIpc) is 3.66. The predicted molar refractivity (Wildman–Crippen MR) is 153 cm³/mol. The van der Waals surface area contributed by atoms with Gasteiger partial charge in [-0.15, -0.1) is 0 Å². The standard InChI is InChI=1S/C32H28ClN3O4/c1-3-14-40-21-9-6-8-19(16-21)28(37)26-25-12-7-13-36(25)32(23-17-20(33)15-18(2)27(23)35-30(32)39)31(26)22-10-4-5-11-24(22)34-29(31)38/h3-6,8-11,15-17,25-26H,1,7,12-14H2,2H3,(H,34,38)(H,35,39)/t25-,26-,31-,32-/m0/s1. The quantitative estimate of drug-likeness (QED) is 0.334. The van der Waals surface area contributed by atoms with E-state index in [1.54, 1.807) is 36.4 Å². The molecule has 4 heterocycles. The van der Waals surface area contributed by atoms with Crippen molar-refractivity contribution >= 4 is 40.6 Å². The van der Waals surface area contributed by atoms with E-state index in [-0.39, 0.29) is 23.6 Å². The van der Waals surface area contributed by atoms with Gasteiger partial charge in [0.2, 0.25) is 5.91 Å². The summed E-state index contributed by atoms with van der Waals surface area (Å²) in [4.78, 5) is 46.0. The zero-order chi connectivity index (χ0) is 27.8. The molecule has 40 heavy (non-hydrogen) atoms. The van der Waals surface area contributed by atoms with E-state index in [9.17, 15) is 14.4 Å². The molecule has 4 atom stereocenters. The molecule has 2 N–H and O–H groups in total. The van der Waals surface area contributed by atoms with Crippen LogP contribution in [0.3, 0.4) is 0 Å². The Morgan fingerprint density at radius 3 is 2.75 bits per heavy atom. The van der Waals surface area contributed by atoms with E-state index in [0.717, 1.165) is 12.0 Å². The van der Waals surface area contributed by atoms with Gasteiger partial charge in [0.05, 0.1) is 5.92 Å². The molecule has 3 aromatic carbocycles. The summed E-state index contributed by atoms with van der Waals surface area (Å²) in [6.45, 7) is 6.47. The van der Waals surface area contributed by atoms with Crippen molar-refractivity contribution in [2.24, 2.45) is 5.92 Å². The SMILES string of the molecule is C=CCOc1cccc(C(=O)[C@@H]2[C@@H]3CCCN3[C@@]3(C(=O)Nc4c(C)cc(Cl)cc43)[C@]23C(=O)Nc2ccccc23)c1. The van der Waals surface area contributed by atoms with Crippen molar-refractivity contribution in [1.29, 1.82) is 0 Å². The van der Waals surface area contributed by atoms with E-state index in [4.69, 9.17) is 16.3 Å². The van der Waals surface area contributed by atoms with Crippen LogP contribution in [0, 0.1) is 12.8 Å². The number of nitrogens with one attached hydrogen (secondary N) is 2. The molecule has 8 heteroatoms. The Kier molecular flexibility index (Phi) is 5.50. The summed E-state index contributed by atoms with van der Waals surface area (Å²) < 4.78 is 5.73. The van der Waals surface area contributed by atoms with Crippen LogP contribution in [0.2, 0.25) is 5.02 Å². The van der Waals surface area contributed by atoms with Crippen molar-refractivity contribution in [3.05, 3.63) is 101 Å². The first kappa shape index (κ1) is 25.1. The number of hydrogen-bond acceptors (Lipinski definition) is 5. The Morgan fingerprint density at radius 1 is 1.10 bits per heavy atom. The number of ether oxygens (including phenoxy) is 1. The first-order valence-electron chi connectivity index (χ1n) is 13.5. The van der Waals surface area contributed by atoms with Gasteiger partial charge in [-0.1, -0.05) is 54.6 Å². The molecule has 7 rings (SSSR count). The topological polar surface area (TPSA) is 87.7 Å². The Bertz CT molecular complexity index is 1640. The number of ketones is 1. The van der Waals surface area contributed by atoms with Gasteiger partial charge in [0.1, 0.15) is 23.3 Å². The van der Waals surface area contributed by atoms with E-state index in [1.807, 2.05) is 37.3 Å². The summed E-state index contributed by atoms with van der Waals surface area (Å²) in [7, 11) is 0. The number of benzene rings is 3. The van der Waals surface area contributed by atoms with Crippen molar-refractivity contribution in [2.45, 2.75) is 36.8 Å². The third kappa shape index (κ3) is 2.96. The minimum absolute atomic E-state index is 0.190. The van der Waals surface area contributed by atoms with Crippen LogP contribution in [0.25, 0.3) is 0 Å². The van der Waals surface area contributed by atoms with Crippen LogP contribution in [0.4, 0.5) is 11.4 Å². The lowest BCUT2D eigenvalue weighted by atomic mass is 9.57. The fraction of sp³-hybridized carbons (Fsp3) is 0.281. The minimum atomic E-state index is -1.52. The van der Waals surface area contributed by atoms with Gasteiger partial charge in [-0.05, 0) is 67.8 Å². The highest BCUT2D eigenvalue weighted by atomic mass is 35.5. The molecular formula is C32H28ClN3O4. The number of nitrogens with zero attached hydrogens (tertiary/aromatic N) is 1. The van der Waals surface area contributed by atoms with Crippen LogP contribution in [0.1, 0.15) is 39.9 Å². The van der Waals surface area contributed by atoms with Crippen molar-refractivity contribution in [3.63, 3.8) is 0 Å². The lowest BCUT2D eigenvalue weighted by molar-refractivity contribution is -0.137. The summed E-state index contributed by atoms with van der Waals surface area (Å²) in [5.41, 5.74) is 0.870. The number of fused-ring (bicyclic) bond motifs is 7. The normalized spacial score (nSPS) is 27.9. The van der Waals surface area contributed by atoms with Crippen LogP contribution in [-0.2, 0) is 20.5 Å². The molecule has 202 valence electrons. The number of rotatable bonds is 5. The highest BCUT2D eigenvalue weighted by molar-refractivity contribution is 6.31. The molecule has 0 bridgehead atoms. The van der Waals surface area contributed by atoms with E-state index in [1.165, 1.54) is 0 Å². The summed E-state index contributed by atoms with van der Waals surface area (Å²) in [5.74, 6) is -1.13. The molecule has 2 fully saturated rings. The molecule has 3 aromatic rings. The predicted octanol–water partition coefficient (Wildman–Crippen LogP) is 5.23. The van der Waals surface area contributed by atoms with Gasteiger partial charge in [-0.3, -0.25) is 19.3 Å². The molecule has 0 radical (unpaired) electrons. The zero-order valence-electron chi connectivity index (χ0n) is 22.0. The summed E-state index contributed by atoms with van der Waals surface area (Å²) in [5, 5.41) is 6.65. The number of hydrogen-bond donors (Lipinski definition) is 2. The molecule has 0 saturated carbocycles. The molecule has 2 amide bonds. The Balaban J connectivity index is 1.54. The van der Waals surface area contributed by atoms with E-state index in [2.05, 4.69) is 22.1 Å². The monoisotopic (exact) mass is 553 g/mol. The number of para-hydroxylation sites is 1. The lowest BCUT2D eigenvalue weighted by Crippen LogP contribution is -2.62. The number of anilines is 2. The van der Waals surface area contributed by atoms with Crippen molar-refractivity contribution in [2.75, 3.05) is 23.8 Å². The summed E-state index contributed by atoms with van der Waals surface area (Å²) in [6.07, 6.45) is 3.13. The minimum Gasteiger partial charge on any atom is -0.490 e. The number of Topliss-reactive ketones (excluding diaryl/α,β-unsaturated/α-hetero) is 1. The third-order valence-electron chi connectivity index (χ3n) is 9.14. The average molecular weight is 554 g/mol. The van der Waals surface area contributed by atoms with Gasteiger partial charge < -0.3 is 15.4 Å². The molecule has 0 aromatic heterocycles. The van der Waals surface area contributed by atoms with Crippen LogP contribution >= 0.6 is 11.6 Å². The van der Waals surface area contributed by atoms with Gasteiger partial charge in [-0.25, -0.2) is 0 Å². The Hall–Kier alpha value is -3.94. The molecule has 0 unspecified atom stereocenters. The molecule has 4 aliphatic rings. The largest absolute Gasteiger partial charge is 0.490 e. The highest BCUT2D eigenvalue weighted by Gasteiger charge is 2.81. The van der Waals surface area contributed by atoms with Crippen LogP contribution in [-0.4, -0.2) is 41.7 Å². The fourth-order valence-corrected chi connectivity index (χ4v) is 8.16. The van der Waals surface area contributed by atoms with Crippen molar-refractivity contribution in [1.82, 2.24) is 4.90 Å². The second-order valence-corrected chi connectivity index (χ2v) is 11.4.